The van der Waals surface area contributed by atoms with E-state index in [1.807, 2.05) is 38.5 Å². The van der Waals surface area contributed by atoms with E-state index in [1.165, 1.54) is 16.9 Å². The van der Waals surface area contributed by atoms with Gasteiger partial charge in [-0.05, 0) is 33.0 Å². The highest BCUT2D eigenvalue weighted by Crippen LogP contribution is 2.22. The van der Waals surface area contributed by atoms with Gasteiger partial charge in [0.1, 0.15) is 5.69 Å². The van der Waals surface area contributed by atoms with E-state index in [0.29, 0.717) is 0 Å². The van der Waals surface area contributed by atoms with Crippen LogP contribution in [-0.2, 0) is 6.54 Å². The van der Waals surface area contributed by atoms with Crippen LogP contribution < -0.4 is 0 Å². The van der Waals surface area contributed by atoms with Gasteiger partial charge in [0.05, 0.1) is 6.20 Å². The van der Waals surface area contributed by atoms with Crippen molar-refractivity contribution in [2.75, 3.05) is 32.1 Å². The molecule has 0 aliphatic rings. The molecule has 0 radical (unpaired) electrons. The van der Waals surface area contributed by atoms with Crippen LogP contribution in [0, 0.1) is 6.92 Å². The van der Waals surface area contributed by atoms with Gasteiger partial charge in [-0.3, -0.25) is 4.68 Å². The number of hydrogen-bond donors (Lipinski definition) is 0. The highest BCUT2D eigenvalue weighted by molar-refractivity contribution is 8.76. The number of hydrogen-bond acceptors (Lipinski definition) is 5. The van der Waals surface area contributed by atoms with Gasteiger partial charge in [0, 0.05) is 30.2 Å². The van der Waals surface area contributed by atoms with Crippen molar-refractivity contribution in [3.63, 3.8) is 0 Å². The van der Waals surface area contributed by atoms with Crippen molar-refractivity contribution in [1.82, 2.24) is 19.9 Å². The van der Waals surface area contributed by atoms with Gasteiger partial charge in [-0.25, -0.2) is 0 Å². The second-order valence-electron chi connectivity index (χ2n) is 5.48. The summed E-state index contributed by atoms with van der Waals surface area (Å²) >= 11 is 0. The van der Waals surface area contributed by atoms with Crippen molar-refractivity contribution in [3.8, 4) is 11.3 Å². The van der Waals surface area contributed by atoms with Crippen LogP contribution in [0.25, 0.3) is 11.3 Å². The SMILES string of the molecule is Cc1ccccc1-c1cn(CCCSSCCN(C)C)nn1. The number of nitrogens with zero attached hydrogens (tertiary/aromatic N) is 4. The summed E-state index contributed by atoms with van der Waals surface area (Å²) in [6, 6.07) is 8.30. The van der Waals surface area contributed by atoms with Gasteiger partial charge in [-0.1, -0.05) is 51.1 Å². The van der Waals surface area contributed by atoms with Crippen LogP contribution in [0.1, 0.15) is 12.0 Å². The van der Waals surface area contributed by atoms with E-state index < -0.39 is 0 Å². The summed E-state index contributed by atoms with van der Waals surface area (Å²) in [4.78, 5) is 2.22. The molecule has 0 bridgehead atoms. The maximum absolute atomic E-state index is 4.29. The van der Waals surface area contributed by atoms with E-state index >= 15 is 0 Å². The van der Waals surface area contributed by atoms with Crippen molar-refractivity contribution in [2.45, 2.75) is 19.9 Å². The molecule has 0 spiro atoms. The Bertz CT molecular complexity index is 569. The third-order valence-corrected chi connectivity index (χ3v) is 5.75. The Morgan fingerprint density at radius 2 is 1.91 bits per heavy atom. The molecule has 2 aromatic rings. The molecular formula is C16H24N4S2. The number of aromatic nitrogens is 3. The van der Waals surface area contributed by atoms with Crippen molar-refractivity contribution in [3.05, 3.63) is 36.0 Å². The van der Waals surface area contributed by atoms with Crippen LogP contribution in [0.15, 0.2) is 30.5 Å². The fourth-order valence-electron chi connectivity index (χ4n) is 2.01. The quantitative estimate of drug-likeness (QED) is 0.516. The van der Waals surface area contributed by atoms with Gasteiger partial charge in [0.25, 0.3) is 0 Å². The zero-order valence-electron chi connectivity index (χ0n) is 13.5. The minimum Gasteiger partial charge on any atom is -0.309 e. The molecule has 2 rings (SSSR count). The molecule has 0 aliphatic carbocycles. The standard InChI is InChI=1S/C16H24N4S2/c1-14-7-4-5-8-15(14)16-13-20(18-17-16)9-6-11-21-22-12-10-19(2)3/h4-5,7-8,13H,6,9-12H2,1-3H3. The lowest BCUT2D eigenvalue weighted by molar-refractivity contribution is 0.438. The minimum absolute atomic E-state index is 0.931. The van der Waals surface area contributed by atoms with Crippen LogP contribution in [0.5, 0.6) is 0 Å². The molecule has 22 heavy (non-hydrogen) atoms. The molecule has 0 unspecified atom stereocenters. The first-order valence-corrected chi connectivity index (χ1v) is 10.0. The maximum atomic E-state index is 4.29. The summed E-state index contributed by atoms with van der Waals surface area (Å²) in [6.07, 6.45) is 3.17. The average Bonchev–Trinajstić information content (AvgIpc) is 2.95. The highest BCUT2D eigenvalue weighted by Gasteiger charge is 2.05. The van der Waals surface area contributed by atoms with Crippen LogP contribution in [-0.4, -0.2) is 52.0 Å². The Labute approximate surface area is 141 Å². The number of benzene rings is 1. The summed E-state index contributed by atoms with van der Waals surface area (Å²) in [6.45, 7) is 4.18. The molecule has 1 aromatic heterocycles. The van der Waals surface area contributed by atoms with Gasteiger partial charge >= 0.3 is 0 Å². The summed E-state index contributed by atoms with van der Waals surface area (Å²) in [5.74, 6) is 2.33. The molecule has 0 atom stereocenters. The van der Waals surface area contributed by atoms with Crippen LogP contribution in [0.4, 0.5) is 0 Å². The summed E-state index contributed by atoms with van der Waals surface area (Å²) in [5.41, 5.74) is 3.37. The van der Waals surface area contributed by atoms with E-state index in [4.69, 9.17) is 0 Å². The van der Waals surface area contributed by atoms with E-state index in [0.717, 1.165) is 31.0 Å². The lowest BCUT2D eigenvalue weighted by atomic mass is 10.1. The molecule has 6 heteroatoms. The van der Waals surface area contributed by atoms with Gasteiger partial charge in [0.15, 0.2) is 0 Å². The average molecular weight is 337 g/mol. The van der Waals surface area contributed by atoms with E-state index in [9.17, 15) is 0 Å². The van der Waals surface area contributed by atoms with E-state index in [1.54, 1.807) is 0 Å². The molecule has 1 heterocycles. The summed E-state index contributed by atoms with van der Waals surface area (Å²) in [5, 5.41) is 8.53. The van der Waals surface area contributed by atoms with Crippen LogP contribution in [0.2, 0.25) is 0 Å². The molecule has 0 aliphatic heterocycles. The largest absolute Gasteiger partial charge is 0.309 e. The second kappa shape index (κ2) is 9.22. The second-order valence-corrected chi connectivity index (χ2v) is 8.18. The molecule has 0 fully saturated rings. The Morgan fingerprint density at radius 3 is 2.68 bits per heavy atom. The van der Waals surface area contributed by atoms with Crippen molar-refractivity contribution in [1.29, 1.82) is 0 Å². The van der Waals surface area contributed by atoms with Crippen molar-refractivity contribution in [2.24, 2.45) is 0 Å². The molecular weight excluding hydrogens is 312 g/mol. The molecule has 1 aromatic carbocycles. The smallest absolute Gasteiger partial charge is 0.113 e. The predicted molar refractivity (Wildman–Crippen MR) is 98.3 cm³/mol. The molecule has 0 saturated carbocycles. The first-order valence-electron chi connectivity index (χ1n) is 7.52. The molecule has 4 nitrogen and oxygen atoms in total. The van der Waals surface area contributed by atoms with E-state index in [-0.39, 0.29) is 0 Å². The highest BCUT2D eigenvalue weighted by atomic mass is 33.1. The first-order chi connectivity index (χ1) is 10.7. The van der Waals surface area contributed by atoms with Crippen molar-refractivity contribution < 1.29 is 0 Å². The zero-order chi connectivity index (χ0) is 15.8. The Hall–Kier alpha value is -0.980. The van der Waals surface area contributed by atoms with Gasteiger partial charge in [0.2, 0.25) is 0 Å². The fraction of sp³-hybridized carbons (Fsp3) is 0.500. The molecule has 0 saturated heterocycles. The topological polar surface area (TPSA) is 34.0 Å². The van der Waals surface area contributed by atoms with E-state index in [2.05, 4.69) is 54.4 Å². The van der Waals surface area contributed by atoms with Gasteiger partial charge in [-0.2, -0.15) is 0 Å². The maximum Gasteiger partial charge on any atom is 0.113 e. The lowest BCUT2D eigenvalue weighted by Gasteiger charge is -2.07. The predicted octanol–water partition coefficient (Wildman–Crippen LogP) is 3.59. The number of aryl methyl sites for hydroxylation is 2. The van der Waals surface area contributed by atoms with Crippen LogP contribution >= 0.6 is 21.6 Å². The summed E-state index contributed by atoms with van der Waals surface area (Å²) in [7, 11) is 8.13. The zero-order valence-corrected chi connectivity index (χ0v) is 15.2. The third kappa shape index (κ3) is 5.66. The van der Waals surface area contributed by atoms with Gasteiger partial charge in [-0.15, -0.1) is 5.10 Å². The fourth-order valence-corrected chi connectivity index (χ4v) is 4.22. The molecule has 0 N–H and O–H groups in total. The first kappa shape index (κ1) is 17.4. The minimum atomic E-state index is 0.931. The Balaban J connectivity index is 1.71. The summed E-state index contributed by atoms with van der Waals surface area (Å²) < 4.78 is 1.95. The normalized spacial score (nSPS) is 11.3. The number of rotatable bonds is 9. The molecule has 120 valence electrons. The monoisotopic (exact) mass is 336 g/mol. The lowest BCUT2D eigenvalue weighted by Crippen LogP contribution is -2.14. The Kier molecular flexibility index (Phi) is 7.29. The molecule has 0 amide bonds. The van der Waals surface area contributed by atoms with Crippen molar-refractivity contribution >= 4 is 21.6 Å². The third-order valence-electron chi connectivity index (χ3n) is 3.28. The Morgan fingerprint density at radius 1 is 1.14 bits per heavy atom. The van der Waals surface area contributed by atoms with Crippen LogP contribution in [0.3, 0.4) is 0 Å². The van der Waals surface area contributed by atoms with Gasteiger partial charge < -0.3 is 4.90 Å².